The molecule has 3 rings (SSSR count). The minimum atomic E-state index is -0.273. The van der Waals surface area contributed by atoms with E-state index in [2.05, 4.69) is 21.0 Å². The van der Waals surface area contributed by atoms with Gasteiger partial charge >= 0.3 is 0 Å². The molecule has 1 aromatic heterocycles. The maximum atomic E-state index is 13.4. The van der Waals surface area contributed by atoms with Gasteiger partial charge in [-0.3, -0.25) is 4.68 Å². The van der Waals surface area contributed by atoms with Crippen LogP contribution in [-0.4, -0.2) is 9.78 Å². The highest BCUT2D eigenvalue weighted by molar-refractivity contribution is 9.10. The molecule has 2 N–H and O–H groups in total. The predicted molar refractivity (Wildman–Crippen MR) is 85.4 cm³/mol. The second-order valence-corrected chi connectivity index (χ2v) is 6.03. The zero-order valence-corrected chi connectivity index (χ0v) is 13.1. The fourth-order valence-electron chi connectivity index (χ4n) is 2.60. The summed E-state index contributed by atoms with van der Waals surface area (Å²) in [6, 6.07) is 12.5. The number of rotatable bonds is 3. The Morgan fingerprint density at radius 2 is 2.05 bits per heavy atom. The summed E-state index contributed by atoms with van der Waals surface area (Å²) in [5.41, 5.74) is 9.03. The molecule has 21 heavy (non-hydrogen) atoms. The Morgan fingerprint density at radius 1 is 1.29 bits per heavy atom. The summed E-state index contributed by atoms with van der Waals surface area (Å²) < 4.78 is 16.0. The fraction of sp³-hybridized carbons (Fsp3) is 0.188. The van der Waals surface area contributed by atoms with Gasteiger partial charge in [0, 0.05) is 16.9 Å². The van der Waals surface area contributed by atoms with Gasteiger partial charge in [0.1, 0.15) is 5.82 Å². The molecule has 3 aromatic rings. The quantitative estimate of drug-likeness (QED) is 0.784. The van der Waals surface area contributed by atoms with Gasteiger partial charge in [0.05, 0.1) is 17.3 Å². The molecule has 0 aliphatic carbocycles. The molecule has 1 unspecified atom stereocenters. The molecule has 3 nitrogen and oxygen atoms in total. The molecule has 0 amide bonds. The molecule has 2 aromatic carbocycles. The van der Waals surface area contributed by atoms with E-state index in [0.29, 0.717) is 6.42 Å². The van der Waals surface area contributed by atoms with Crippen molar-refractivity contribution < 1.29 is 4.39 Å². The molecule has 0 aliphatic heterocycles. The summed E-state index contributed by atoms with van der Waals surface area (Å²) in [4.78, 5) is 0. The van der Waals surface area contributed by atoms with Crippen LogP contribution in [0.2, 0.25) is 0 Å². The van der Waals surface area contributed by atoms with Crippen molar-refractivity contribution in [2.75, 3.05) is 0 Å². The van der Waals surface area contributed by atoms with Crippen molar-refractivity contribution in [1.82, 2.24) is 9.78 Å². The Hall–Kier alpha value is -1.72. The van der Waals surface area contributed by atoms with Crippen LogP contribution in [0.25, 0.3) is 10.9 Å². The van der Waals surface area contributed by atoms with Crippen molar-refractivity contribution in [3.8, 4) is 0 Å². The number of fused-ring (bicyclic) bond motifs is 1. The first-order chi connectivity index (χ1) is 10.0. The summed E-state index contributed by atoms with van der Waals surface area (Å²) >= 11 is 3.30. The van der Waals surface area contributed by atoms with Gasteiger partial charge < -0.3 is 5.73 Å². The highest BCUT2D eigenvalue weighted by Crippen LogP contribution is 2.25. The number of halogens is 2. The second kappa shape index (κ2) is 5.58. The Kier molecular flexibility index (Phi) is 3.78. The second-order valence-electron chi connectivity index (χ2n) is 5.11. The summed E-state index contributed by atoms with van der Waals surface area (Å²) in [6.45, 7) is 0. The summed E-state index contributed by atoms with van der Waals surface area (Å²) in [7, 11) is 1.90. The van der Waals surface area contributed by atoms with Crippen molar-refractivity contribution >= 4 is 26.8 Å². The minimum absolute atomic E-state index is 0.266. The number of hydrogen-bond donors (Lipinski definition) is 1. The molecule has 0 spiro atoms. The van der Waals surface area contributed by atoms with Gasteiger partial charge in [-0.1, -0.05) is 34.1 Å². The SMILES string of the molecule is Cn1nc(C(N)Cc2cc(F)cc(Br)c2)c2ccccc21. The van der Waals surface area contributed by atoms with Crippen molar-refractivity contribution in [1.29, 1.82) is 0 Å². The van der Waals surface area contributed by atoms with Crippen molar-refractivity contribution in [2.24, 2.45) is 12.8 Å². The van der Waals surface area contributed by atoms with E-state index in [0.717, 1.165) is 26.6 Å². The Morgan fingerprint density at radius 3 is 2.81 bits per heavy atom. The average Bonchev–Trinajstić information content (AvgIpc) is 2.76. The molecule has 0 fully saturated rings. The lowest BCUT2D eigenvalue weighted by molar-refractivity contribution is 0.618. The molecule has 108 valence electrons. The largest absolute Gasteiger partial charge is 0.322 e. The van der Waals surface area contributed by atoms with Crippen molar-refractivity contribution in [3.05, 3.63) is 64.0 Å². The summed E-state index contributed by atoms with van der Waals surface area (Å²) in [6.07, 6.45) is 0.539. The zero-order chi connectivity index (χ0) is 15.0. The molecular weight excluding hydrogens is 333 g/mol. The fourth-order valence-corrected chi connectivity index (χ4v) is 3.11. The van der Waals surface area contributed by atoms with Gasteiger partial charge in [0.15, 0.2) is 0 Å². The van der Waals surface area contributed by atoms with E-state index in [9.17, 15) is 4.39 Å². The van der Waals surface area contributed by atoms with E-state index >= 15 is 0 Å². The number of nitrogens with zero attached hydrogens (tertiary/aromatic N) is 2. The van der Waals surface area contributed by atoms with E-state index in [-0.39, 0.29) is 11.9 Å². The number of para-hydroxylation sites is 1. The maximum absolute atomic E-state index is 13.4. The highest BCUT2D eigenvalue weighted by atomic mass is 79.9. The molecule has 0 radical (unpaired) electrons. The van der Waals surface area contributed by atoms with Crippen LogP contribution in [0.3, 0.4) is 0 Å². The monoisotopic (exact) mass is 347 g/mol. The number of aromatic nitrogens is 2. The number of benzene rings is 2. The van der Waals surface area contributed by atoms with Crippen LogP contribution in [0.15, 0.2) is 46.9 Å². The lowest BCUT2D eigenvalue weighted by Crippen LogP contribution is -2.14. The van der Waals surface area contributed by atoms with Crippen molar-refractivity contribution in [3.63, 3.8) is 0 Å². The first kappa shape index (κ1) is 14.2. The van der Waals surface area contributed by atoms with Crippen molar-refractivity contribution in [2.45, 2.75) is 12.5 Å². The van der Waals surface area contributed by atoms with Gasteiger partial charge in [-0.25, -0.2) is 4.39 Å². The minimum Gasteiger partial charge on any atom is -0.322 e. The summed E-state index contributed by atoms with van der Waals surface area (Å²) in [5.74, 6) is -0.266. The normalized spacial score (nSPS) is 12.8. The molecule has 5 heteroatoms. The van der Waals surface area contributed by atoms with E-state index in [4.69, 9.17) is 5.73 Å². The topological polar surface area (TPSA) is 43.8 Å². The molecular formula is C16H15BrFN3. The standard InChI is InChI=1S/C16H15BrFN3/c1-21-15-5-3-2-4-13(15)16(20-21)14(19)8-10-6-11(17)9-12(18)7-10/h2-7,9,14H,8,19H2,1H3. The first-order valence-corrected chi connectivity index (χ1v) is 7.46. The van der Waals surface area contributed by atoms with E-state index in [1.807, 2.05) is 42.1 Å². The Balaban J connectivity index is 1.95. The maximum Gasteiger partial charge on any atom is 0.124 e. The van der Waals surface area contributed by atoms with Crippen LogP contribution in [0.1, 0.15) is 17.3 Å². The van der Waals surface area contributed by atoms with Crippen LogP contribution in [0, 0.1) is 5.82 Å². The number of aryl methyl sites for hydroxylation is 1. The van der Waals surface area contributed by atoms with E-state index < -0.39 is 0 Å². The molecule has 0 aliphatic rings. The van der Waals surface area contributed by atoms with E-state index in [1.54, 1.807) is 0 Å². The molecule has 1 heterocycles. The number of hydrogen-bond acceptors (Lipinski definition) is 2. The van der Waals surface area contributed by atoms with Gasteiger partial charge in [-0.15, -0.1) is 0 Å². The molecule has 0 saturated heterocycles. The Labute approximate surface area is 130 Å². The van der Waals surface area contributed by atoms with Gasteiger partial charge in [-0.05, 0) is 36.2 Å². The van der Waals surface area contributed by atoms with Crippen LogP contribution in [-0.2, 0) is 13.5 Å². The Bertz CT molecular complexity index is 777. The molecule has 1 atom stereocenters. The lowest BCUT2D eigenvalue weighted by atomic mass is 10.0. The third kappa shape index (κ3) is 2.84. The highest BCUT2D eigenvalue weighted by Gasteiger charge is 2.16. The van der Waals surface area contributed by atoms with Crippen LogP contribution in [0.5, 0.6) is 0 Å². The van der Waals surface area contributed by atoms with Crippen LogP contribution >= 0.6 is 15.9 Å². The molecule has 0 saturated carbocycles. The van der Waals surface area contributed by atoms with Gasteiger partial charge in [0.2, 0.25) is 0 Å². The van der Waals surface area contributed by atoms with Gasteiger partial charge in [0.25, 0.3) is 0 Å². The first-order valence-electron chi connectivity index (χ1n) is 6.67. The predicted octanol–water partition coefficient (Wildman–Crippen LogP) is 3.72. The average molecular weight is 348 g/mol. The van der Waals surface area contributed by atoms with Gasteiger partial charge in [-0.2, -0.15) is 5.10 Å². The third-order valence-corrected chi connectivity index (χ3v) is 3.97. The summed E-state index contributed by atoms with van der Waals surface area (Å²) in [5, 5.41) is 5.56. The van der Waals surface area contributed by atoms with E-state index in [1.165, 1.54) is 12.1 Å². The third-order valence-electron chi connectivity index (χ3n) is 3.52. The zero-order valence-electron chi connectivity index (χ0n) is 11.6. The lowest BCUT2D eigenvalue weighted by Gasteiger charge is -2.10. The molecule has 0 bridgehead atoms. The number of nitrogens with two attached hydrogens (primary N) is 1. The van der Waals surface area contributed by atoms with Crippen LogP contribution in [0.4, 0.5) is 4.39 Å². The van der Waals surface area contributed by atoms with Crippen LogP contribution < -0.4 is 5.73 Å². The smallest absolute Gasteiger partial charge is 0.124 e.